The van der Waals surface area contributed by atoms with Crippen LogP contribution in [-0.2, 0) is 11.3 Å². The summed E-state index contributed by atoms with van der Waals surface area (Å²) in [6.45, 7) is -0.335. The Kier molecular flexibility index (Phi) is 6.54. The molecule has 0 fully saturated rings. The fourth-order valence-electron chi connectivity index (χ4n) is 0.890. The van der Waals surface area contributed by atoms with Crippen molar-refractivity contribution in [1.82, 2.24) is 4.57 Å². The average Bonchev–Trinajstić information content (AvgIpc) is 2.49. The molecule has 0 radical (unpaired) electrons. The molecule has 90 valence electrons. The van der Waals surface area contributed by atoms with E-state index in [0.717, 1.165) is 15.9 Å². The fourth-order valence-corrected chi connectivity index (χ4v) is 2.12. The molecule has 1 aromatic heterocycles. The van der Waals surface area contributed by atoms with Gasteiger partial charge in [-0.25, -0.2) is 0 Å². The topological polar surface area (TPSA) is 101 Å². The maximum Gasteiger partial charge on any atom is 0.323 e. The summed E-state index contributed by atoms with van der Waals surface area (Å²) in [6.07, 6.45) is 1.44. The van der Waals surface area contributed by atoms with Gasteiger partial charge in [-0.15, -0.1) is 0 Å². The lowest BCUT2D eigenvalue weighted by Crippen LogP contribution is -2.08. The number of carbonyl (C=O) groups is 1. The number of aliphatic carboxylic acids is 1. The lowest BCUT2D eigenvalue weighted by molar-refractivity contribution is -0.137. The molecule has 0 aliphatic carbocycles. The number of aliphatic imine (C=N–C) groups is 1. The zero-order valence-electron chi connectivity index (χ0n) is 8.88. The van der Waals surface area contributed by atoms with Crippen molar-refractivity contribution in [1.29, 1.82) is 0 Å². The average molecular weight is 263 g/mol. The summed E-state index contributed by atoms with van der Waals surface area (Å²) in [5.74, 6) is -1.19. The van der Waals surface area contributed by atoms with Gasteiger partial charge in [-0.05, 0) is 19.3 Å². The highest BCUT2D eigenvalue weighted by atomic mass is 32.1. The van der Waals surface area contributed by atoms with Crippen molar-refractivity contribution in [2.24, 2.45) is 10.7 Å². The SMILES string of the molecule is CN.CN=Cc1sc(=S)n(CC(=O)O)c1O. The van der Waals surface area contributed by atoms with E-state index in [-0.39, 0.29) is 12.4 Å². The van der Waals surface area contributed by atoms with Crippen molar-refractivity contribution in [3.05, 3.63) is 8.83 Å². The number of carboxylic acid groups (broad SMARTS) is 1. The van der Waals surface area contributed by atoms with Crippen molar-refractivity contribution in [2.75, 3.05) is 14.1 Å². The van der Waals surface area contributed by atoms with E-state index in [1.807, 2.05) is 0 Å². The monoisotopic (exact) mass is 263 g/mol. The summed E-state index contributed by atoms with van der Waals surface area (Å²) in [5, 5.41) is 18.1. The number of hydrogen-bond acceptors (Lipinski definition) is 6. The Morgan fingerprint density at radius 3 is 2.69 bits per heavy atom. The van der Waals surface area contributed by atoms with E-state index >= 15 is 0 Å². The van der Waals surface area contributed by atoms with E-state index in [9.17, 15) is 9.90 Å². The van der Waals surface area contributed by atoms with Gasteiger partial charge in [0.15, 0.2) is 3.95 Å². The summed E-state index contributed by atoms with van der Waals surface area (Å²) >= 11 is 6.01. The Labute approximate surface area is 102 Å². The standard InChI is InChI=1S/C7H8N2O3S2.CH5N/c1-8-2-4-6(12)9(3-5(10)11)7(13)14-4;1-2/h2,12H,3H2,1H3,(H,10,11);2H2,1H3. The highest BCUT2D eigenvalue weighted by Gasteiger charge is 2.11. The van der Waals surface area contributed by atoms with Gasteiger partial charge in [0.1, 0.15) is 11.4 Å². The van der Waals surface area contributed by atoms with Crippen molar-refractivity contribution >= 4 is 35.7 Å². The van der Waals surface area contributed by atoms with Gasteiger partial charge in [0.25, 0.3) is 0 Å². The number of aromatic hydroxyl groups is 1. The van der Waals surface area contributed by atoms with Crippen LogP contribution in [0.1, 0.15) is 4.88 Å². The van der Waals surface area contributed by atoms with Crippen LogP contribution >= 0.6 is 23.6 Å². The normalized spacial score (nSPS) is 9.94. The minimum absolute atomic E-state index is 0.145. The zero-order valence-corrected chi connectivity index (χ0v) is 10.5. The summed E-state index contributed by atoms with van der Waals surface area (Å²) in [7, 11) is 3.06. The van der Waals surface area contributed by atoms with E-state index in [0.29, 0.717) is 8.83 Å². The molecule has 6 nitrogen and oxygen atoms in total. The van der Waals surface area contributed by atoms with Crippen LogP contribution in [0.5, 0.6) is 5.88 Å². The van der Waals surface area contributed by atoms with Gasteiger partial charge in [0, 0.05) is 13.3 Å². The largest absolute Gasteiger partial charge is 0.493 e. The molecule has 1 rings (SSSR count). The molecule has 1 aromatic rings. The predicted octanol–water partition coefficient (Wildman–Crippen LogP) is 0.693. The van der Waals surface area contributed by atoms with Crippen LogP contribution in [-0.4, -0.2) is 41.1 Å². The minimum atomic E-state index is -1.05. The molecule has 16 heavy (non-hydrogen) atoms. The second-order valence-electron chi connectivity index (χ2n) is 2.42. The highest BCUT2D eigenvalue weighted by Crippen LogP contribution is 2.23. The number of thiazole rings is 1. The molecule has 0 aliphatic heterocycles. The third-order valence-corrected chi connectivity index (χ3v) is 2.81. The van der Waals surface area contributed by atoms with E-state index in [1.165, 1.54) is 13.3 Å². The first-order valence-corrected chi connectivity index (χ1v) is 5.43. The third-order valence-electron chi connectivity index (χ3n) is 1.43. The minimum Gasteiger partial charge on any atom is -0.493 e. The fraction of sp³-hybridized carbons (Fsp3) is 0.375. The van der Waals surface area contributed by atoms with Crippen molar-refractivity contribution in [3.63, 3.8) is 0 Å². The number of carboxylic acids is 1. The number of nitrogens with two attached hydrogens (primary N) is 1. The van der Waals surface area contributed by atoms with Gasteiger partial charge in [0.2, 0.25) is 5.88 Å². The molecule has 8 heteroatoms. The number of rotatable bonds is 3. The van der Waals surface area contributed by atoms with Gasteiger partial charge in [-0.1, -0.05) is 11.3 Å². The Hall–Kier alpha value is -1.25. The summed E-state index contributed by atoms with van der Waals surface area (Å²) in [6, 6.07) is 0. The molecule has 0 amide bonds. The summed E-state index contributed by atoms with van der Waals surface area (Å²) in [4.78, 5) is 14.6. The first-order chi connectivity index (χ1) is 7.56. The predicted molar refractivity (Wildman–Crippen MR) is 66.1 cm³/mol. The molecular formula is C8H13N3O3S2. The van der Waals surface area contributed by atoms with Gasteiger partial charge in [-0.2, -0.15) is 0 Å². The second-order valence-corrected chi connectivity index (χ2v) is 4.10. The molecular weight excluding hydrogens is 250 g/mol. The van der Waals surface area contributed by atoms with E-state index in [2.05, 4.69) is 10.7 Å². The molecule has 0 aromatic carbocycles. The second kappa shape index (κ2) is 7.09. The Morgan fingerprint density at radius 2 is 2.25 bits per heavy atom. The maximum atomic E-state index is 10.4. The van der Waals surface area contributed by atoms with Crippen LogP contribution in [0.3, 0.4) is 0 Å². The van der Waals surface area contributed by atoms with Crippen molar-refractivity contribution in [3.8, 4) is 5.88 Å². The van der Waals surface area contributed by atoms with Gasteiger partial charge in [0.05, 0.1) is 0 Å². The lowest BCUT2D eigenvalue weighted by Gasteiger charge is -1.98. The van der Waals surface area contributed by atoms with Gasteiger partial charge >= 0.3 is 5.97 Å². The molecule has 0 saturated heterocycles. The molecule has 0 saturated carbocycles. The van der Waals surface area contributed by atoms with Crippen LogP contribution in [0.15, 0.2) is 4.99 Å². The Morgan fingerprint density at radius 1 is 1.69 bits per heavy atom. The zero-order chi connectivity index (χ0) is 12.7. The molecule has 1 heterocycles. The third kappa shape index (κ3) is 3.72. The first kappa shape index (κ1) is 14.8. The first-order valence-electron chi connectivity index (χ1n) is 4.20. The van der Waals surface area contributed by atoms with E-state index in [1.54, 1.807) is 7.05 Å². The molecule has 0 atom stereocenters. The Balaban J connectivity index is 0.00000106. The van der Waals surface area contributed by atoms with E-state index < -0.39 is 5.97 Å². The Bertz CT molecular complexity index is 436. The van der Waals surface area contributed by atoms with Crippen LogP contribution in [0, 0.1) is 3.95 Å². The smallest absolute Gasteiger partial charge is 0.323 e. The molecule has 0 aliphatic rings. The van der Waals surface area contributed by atoms with Gasteiger partial charge in [-0.3, -0.25) is 14.4 Å². The van der Waals surface area contributed by atoms with Crippen LogP contribution in [0.4, 0.5) is 0 Å². The van der Waals surface area contributed by atoms with Crippen LogP contribution in [0.2, 0.25) is 0 Å². The molecule has 0 spiro atoms. The molecule has 0 unspecified atom stereocenters. The maximum absolute atomic E-state index is 10.4. The van der Waals surface area contributed by atoms with Crippen LogP contribution < -0.4 is 5.73 Å². The van der Waals surface area contributed by atoms with Crippen molar-refractivity contribution < 1.29 is 15.0 Å². The van der Waals surface area contributed by atoms with Crippen LogP contribution in [0.25, 0.3) is 0 Å². The van der Waals surface area contributed by atoms with Crippen molar-refractivity contribution in [2.45, 2.75) is 6.54 Å². The molecule has 4 N–H and O–H groups in total. The lowest BCUT2D eigenvalue weighted by atomic mass is 10.5. The summed E-state index contributed by atoms with van der Waals surface area (Å²) < 4.78 is 1.47. The van der Waals surface area contributed by atoms with Gasteiger partial charge < -0.3 is 15.9 Å². The summed E-state index contributed by atoms with van der Waals surface area (Å²) in [5.41, 5.74) is 4.50. The number of hydrogen-bond donors (Lipinski definition) is 3. The van der Waals surface area contributed by atoms with E-state index in [4.69, 9.17) is 17.3 Å². The highest BCUT2D eigenvalue weighted by molar-refractivity contribution is 7.73. The number of aromatic nitrogens is 1. The number of nitrogens with zero attached hydrogens (tertiary/aromatic N) is 2. The molecule has 0 bridgehead atoms. The quantitative estimate of drug-likeness (QED) is 0.550.